The molecule has 4 nitrogen and oxygen atoms in total. The van der Waals surface area contributed by atoms with Gasteiger partial charge in [-0.15, -0.1) is 0 Å². The van der Waals surface area contributed by atoms with Gasteiger partial charge in [-0.3, -0.25) is 4.79 Å². The van der Waals surface area contributed by atoms with Crippen LogP contribution in [0.15, 0.2) is 41.3 Å². The molecule has 1 aromatic carbocycles. The van der Waals surface area contributed by atoms with Gasteiger partial charge in [0.2, 0.25) is 0 Å². The minimum absolute atomic E-state index is 0.0598. The van der Waals surface area contributed by atoms with Crippen molar-refractivity contribution < 1.29 is 0 Å². The zero-order valence-electron chi connectivity index (χ0n) is 12.4. The molecule has 3 rings (SSSR count). The number of hydrogen-bond acceptors (Lipinski definition) is 3. The molecule has 1 aromatic heterocycles. The average molecular weight is 283 g/mol. The SMILES string of the molecule is CCc1ccc(Cn2ncc(NCC3CC3)cc2=O)cc1. The molecule has 0 atom stereocenters. The van der Waals surface area contributed by atoms with E-state index in [1.165, 1.54) is 23.1 Å². The normalized spacial score (nSPS) is 14.1. The molecule has 0 bridgehead atoms. The Labute approximate surface area is 124 Å². The summed E-state index contributed by atoms with van der Waals surface area (Å²) < 4.78 is 1.50. The van der Waals surface area contributed by atoms with Crippen LogP contribution in [0.3, 0.4) is 0 Å². The van der Waals surface area contributed by atoms with Gasteiger partial charge in [0.05, 0.1) is 18.4 Å². The van der Waals surface area contributed by atoms with Gasteiger partial charge in [0.25, 0.3) is 5.56 Å². The number of rotatable bonds is 6. The van der Waals surface area contributed by atoms with Gasteiger partial charge >= 0.3 is 0 Å². The Balaban J connectivity index is 1.67. The first-order chi connectivity index (χ1) is 10.2. The van der Waals surface area contributed by atoms with Crippen LogP contribution in [0.25, 0.3) is 0 Å². The highest BCUT2D eigenvalue weighted by molar-refractivity contribution is 5.39. The number of hydrogen-bond donors (Lipinski definition) is 1. The summed E-state index contributed by atoms with van der Waals surface area (Å²) in [6, 6.07) is 9.96. The average Bonchev–Trinajstić information content (AvgIpc) is 3.33. The smallest absolute Gasteiger partial charge is 0.269 e. The second-order valence-corrected chi connectivity index (χ2v) is 5.73. The molecule has 1 N–H and O–H groups in total. The first kappa shape index (κ1) is 13.9. The van der Waals surface area contributed by atoms with E-state index in [9.17, 15) is 4.79 Å². The van der Waals surface area contributed by atoms with Crippen LogP contribution in [0.5, 0.6) is 0 Å². The van der Waals surface area contributed by atoms with E-state index in [1.807, 2.05) is 0 Å². The molecule has 0 spiro atoms. The van der Waals surface area contributed by atoms with Gasteiger partial charge < -0.3 is 5.32 Å². The summed E-state index contributed by atoms with van der Waals surface area (Å²) in [4.78, 5) is 12.1. The number of nitrogens with zero attached hydrogens (tertiary/aromatic N) is 2. The van der Waals surface area contributed by atoms with Crippen LogP contribution in [0, 0.1) is 5.92 Å². The third kappa shape index (κ3) is 3.72. The first-order valence-corrected chi connectivity index (χ1v) is 7.63. The van der Waals surface area contributed by atoms with Crippen molar-refractivity contribution in [2.45, 2.75) is 32.7 Å². The van der Waals surface area contributed by atoms with E-state index in [1.54, 1.807) is 12.3 Å². The Kier molecular flexibility index (Phi) is 4.04. The molecule has 0 aliphatic heterocycles. The third-order valence-electron chi connectivity index (χ3n) is 3.92. The molecule has 1 aliphatic carbocycles. The van der Waals surface area contributed by atoms with Gasteiger partial charge in [0.15, 0.2) is 0 Å². The van der Waals surface area contributed by atoms with Crippen LogP contribution in [0.4, 0.5) is 5.69 Å². The van der Waals surface area contributed by atoms with Crippen LogP contribution in [0.1, 0.15) is 30.9 Å². The minimum Gasteiger partial charge on any atom is -0.383 e. The molecular weight excluding hydrogens is 262 g/mol. The highest BCUT2D eigenvalue weighted by Gasteiger charge is 2.20. The van der Waals surface area contributed by atoms with Crippen LogP contribution < -0.4 is 10.9 Å². The monoisotopic (exact) mass is 283 g/mol. The summed E-state index contributed by atoms with van der Waals surface area (Å²) >= 11 is 0. The first-order valence-electron chi connectivity index (χ1n) is 7.63. The van der Waals surface area contributed by atoms with E-state index in [2.05, 4.69) is 41.6 Å². The molecule has 1 heterocycles. The predicted octanol–water partition coefficient (Wildman–Crippen LogP) is 2.68. The molecule has 0 unspecified atom stereocenters. The van der Waals surface area contributed by atoms with Gasteiger partial charge in [0.1, 0.15) is 0 Å². The van der Waals surface area contributed by atoms with Crippen LogP contribution in [0.2, 0.25) is 0 Å². The fraction of sp³-hybridized carbons (Fsp3) is 0.412. The lowest BCUT2D eigenvalue weighted by atomic mass is 10.1. The summed E-state index contributed by atoms with van der Waals surface area (Å²) in [6.07, 6.45) is 5.36. The summed E-state index contributed by atoms with van der Waals surface area (Å²) in [7, 11) is 0. The summed E-state index contributed by atoms with van der Waals surface area (Å²) in [5, 5.41) is 7.53. The van der Waals surface area contributed by atoms with Gasteiger partial charge in [-0.25, -0.2) is 4.68 Å². The van der Waals surface area contributed by atoms with E-state index in [0.717, 1.165) is 30.1 Å². The summed E-state index contributed by atoms with van der Waals surface area (Å²) in [6.45, 7) is 3.60. The Morgan fingerprint density at radius 2 is 1.95 bits per heavy atom. The van der Waals surface area contributed by atoms with E-state index in [-0.39, 0.29) is 5.56 Å². The number of aryl methyl sites for hydroxylation is 1. The van der Waals surface area contributed by atoms with E-state index in [4.69, 9.17) is 0 Å². The van der Waals surface area contributed by atoms with Crippen molar-refractivity contribution in [1.82, 2.24) is 9.78 Å². The van der Waals surface area contributed by atoms with Gasteiger partial charge in [-0.05, 0) is 36.3 Å². The zero-order chi connectivity index (χ0) is 14.7. The predicted molar refractivity (Wildman–Crippen MR) is 84.6 cm³/mol. The molecule has 1 saturated carbocycles. The van der Waals surface area contributed by atoms with Gasteiger partial charge in [0, 0.05) is 12.6 Å². The lowest BCUT2D eigenvalue weighted by Gasteiger charge is -2.08. The van der Waals surface area contributed by atoms with Gasteiger partial charge in [-0.1, -0.05) is 31.2 Å². The topological polar surface area (TPSA) is 46.9 Å². The second-order valence-electron chi connectivity index (χ2n) is 5.73. The van der Waals surface area contributed by atoms with E-state index < -0.39 is 0 Å². The number of nitrogens with one attached hydrogen (secondary N) is 1. The van der Waals surface area contributed by atoms with Crippen molar-refractivity contribution in [1.29, 1.82) is 0 Å². The van der Waals surface area contributed by atoms with E-state index >= 15 is 0 Å². The number of aromatic nitrogens is 2. The minimum atomic E-state index is -0.0598. The van der Waals surface area contributed by atoms with Crippen molar-refractivity contribution in [2.24, 2.45) is 5.92 Å². The standard InChI is InChI=1S/C17H21N3O/c1-2-13-3-7-15(8-4-13)12-20-17(21)9-16(11-19-20)18-10-14-5-6-14/h3-4,7-9,11,14,18H,2,5-6,10,12H2,1H3. The molecule has 4 heteroatoms. The molecule has 110 valence electrons. The summed E-state index contributed by atoms with van der Waals surface area (Å²) in [5.41, 5.74) is 3.17. The third-order valence-corrected chi connectivity index (χ3v) is 3.92. The van der Waals surface area contributed by atoms with Crippen molar-refractivity contribution >= 4 is 5.69 Å². The molecule has 0 amide bonds. The highest BCUT2D eigenvalue weighted by Crippen LogP contribution is 2.28. The Morgan fingerprint density at radius 3 is 2.57 bits per heavy atom. The molecule has 0 saturated heterocycles. The molecule has 1 fully saturated rings. The quantitative estimate of drug-likeness (QED) is 0.886. The van der Waals surface area contributed by atoms with E-state index in [0.29, 0.717) is 6.54 Å². The second kappa shape index (κ2) is 6.12. The molecule has 1 aliphatic rings. The number of benzene rings is 1. The zero-order valence-corrected chi connectivity index (χ0v) is 12.4. The highest BCUT2D eigenvalue weighted by atomic mass is 16.1. The maximum atomic E-state index is 12.1. The lowest BCUT2D eigenvalue weighted by molar-refractivity contribution is 0.639. The molecular formula is C17H21N3O. The maximum absolute atomic E-state index is 12.1. The Bertz CT molecular complexity index is 656. The van der Waals surface area contributed by atoms with Crippen molar-refractivity contribution in [3.05, 3.63) is 58.0 Å². The molecule has 0 radical (unpaired) electrons. The largest absolute Gasteiger partial charge is 0.383 e. The van der Waals surface area contributed by atoms with Crippen molar-refractivity contribution in [3.8, 4) is 0 Å². The van der Waals surface area contributed by atoms with Crippen LogP contribution in [-0.2, 0) is 13.0 Å². The van der Waals surface area contributed by atoms with Gasteiger partial charge in [-0.2, -0.15) is 5.10 Å². The Hall–Kier alpha value is -2.10. The maximum Gasteiger partial charge on any atom is 0.269 e. The Morgan fingerprint density at radius 1 is 1.24 bits per heavy atom. The lowest BCUT2D eigenvalue weighted by Crippen LogP contribution is -2.23. The fourth-order valence-corrected chi connectivity index (χ4v) is 2.29. The van der Waals surface area contributed by atoms with Crippen molar-refractivity contribution in [2.75, 3.05) is 11.9 Å². The summed E-state index contributed by atoms with van der Waals surface area (Å²) in [5.74, 6) is 0.782. The number of anilines is 1. The molecule has 2 aromatic rings. The molecule has 21 heavy (non-hydrogen) atoms. The van der Waals surface area contributed by atoms with Crippen molar-refractivity contribution in [3.63, 3.8) is 0 Å². The van der Waals surface area contributed by atoms with Crippen LogP contribution >= 0.6 is 0 Å². The van der Waals surface area contributed by atoms with Crippen LogP contribution in [-0.4, -0.2) is 16.3 Å². The fourth-order valence-electron chi connectivity index (χ4n) is 2.29.